The van der Waals surface area contributed by atoms with Crippen LogP contribution in [0.5, 0.6) is 0 Å². The minimum Gasteiger partial charge on any atom is -0.338 e. The molecule has 0 spiro atoms. The van der Waals surface area contributed by atoms with Crippen LogP contribution in [0.3, 0.4) is 0 Å². The van der Waals surface area contributed by atoms with Gasteiger partial charge in [-0.1, -0.05) is 44.9 Å². The maximum atomic E-state index is 4.82. The van der Waals surface area contributed by atoms with E-state index in [4.69, 9.17) is 4.99 Å². The van der Waals surface area contributed by atoms with Crippen LogP contribution in [0.4, 0.5) is 5.69 Å². The van der Waals surface area contributed by atoms with Crippen molar-refractivity contribution in [3.8, 4) is 0 Å². The average Bonchev–Trinajstić information content (AvgIpc) is 3.13. The monoisotopic (exact) mass is 299 g/mol. The van der Waals surface area contributed by atoms with Crippen LogP contribution in [0, 0.1) is 11.8 Å². The Morgan fingerprint density at radius 3 is 2.59 bits per heavy atom. The second-order valence-corrected chi connectivity index (χ2v) is 7.24. The predicted molar refractivity (Wildman–Crippen MR) is 94.3 cm³/mol. The summed E-state index contributed by atoms with van der Waals surface area (Å²) in [5.41, 5.74) is 1.14. The molecule has 1 aromatic rings. The number of guanidine groups is 1. The van der Waals surface area contributed by atoms with E-state index in [0.717, 1.165) is 30.0 Å². The lowest BCUT2D eigenvalue weighted by molar-refractivity contribution is 0.260. The first kappa shape index (κ1) is 15.4. The summed E-state index contributed by atoms with van der Waals surface area (Å²) in [7, 11) is 0. The molecular formula is C19H29N3. The third kappa shape index (κ3) is 3.82. The van der Waals surface area contributed by atoms with Crippen LogP contribution in [0.2, 0.25) is 0 Å². The summed E-state index contributed by atoms with van der Waals surface area (Å²) in [5.74, 6) is 2.67. The quantitative estimate of drug-likeness (QED) is 0.874. The highest BCUT2D eigenvalue weighted by Crippen LogP contribution is 2.29. The minimum absolute atomic E-state index is 0.576. The SMILES string of the molecule is CC(C)C[C@H]1CN=C(Nc2ccccc2)N1CC1CCCC1. The largest absolute Gasteiger partial charge is 0.338 e. The summed E-state index contributed by atoms with van der Waals surface area (Å²) < 4.78 is 0. The molecule has 1 aromatic carbocycles. The number of para-hydroxylation sites is 1. The van der Waals surface area contributed by atoms with Gasteiger partial charge in [0.1, 0.15) is 0 Å². The molecule has 1 fully saturated rings. The molecule has 1 aliphatic carbocycles. The number of hydrogen-bond donors (Lipinski definition) is 1. The van der Waals surface area contributed by atoms with Gasteiger partial charge in [-0.15, -0.1) is 0 Å². The third-order valence-electron chi connectivity index (χ3n) is 4.87. The molecule has 1 atom stereocenters. The Morgan fingerprint density at radius 1 is 1.18 bits per heavy atom. The van der Waals surface area contributed by atoms with Crippen molar-refractivity contribution in [2.45, 2.75) is 52.0 Å². The van der Waals surface area contributed by atoms with Gasteiger partial charge in [0.25, 0.3) is 0 Å². The molecule has 2 aliphatic rings. The summed E-state index contributed by atoms with van der Waals surface area (Å²) in [5, 5.41) is 3.54. The number of nitrogens with zero attached hydrogens (tertiary/aromatic N) is 2. The highest BCUT2D eigenvalue weighted by molar-refractivity contribution is 5.95. The molecule has 3 rings (SSSR count). The molecule has 0 radical (unpaired) electrons. The van der Waals surface area contributed by atoms with E-state index in [0.29, 0.717) is 6.04 Å². The molecule has 0 aromatic heterocycles. The first-order valence-corrected chi connectivity index (χ1v) is 8.85. The highest BCUT2D eigenvalue weighted by atomic mass is 15.4. The average molecular weight is 299 g/mol. The molecule has 0 unspecified atom stereocenters. The maximum Gasteiger partial charge on any atom is 0.198 e. The van der Waals surface area contributed by atoms with Crippen LogP contribution in [-0.4, -0.2) is 30.0 Å². The number of aliphatic imine (C=N–C) groups is 1. The number of benzene rings is 1. The summed E-state index contributed by atoms with van der Waals surface area (Å²) >= 11 is 0. The molecule has 0 bridgehead atoms. The number of hydrogen-bond acceptors (Lipinski definition) is 3. The molecule has 120 valence electrons. The van der Waals surface area contributed by atoms with Gasteiger partial charge >= 0.3 is 0 Å². The second-order valence-electron chi connectivity index (χ2n) is 7.24. The van der Waals surface area contributed by atoms with E-state index in [2.05, 4.69) is 54.4 Å². The van der Waals surface area contributed by atoms with Crippen molar-refractivity contribution in [1.82, 2.24) is 4.90 Å². The summed E-state index contributed by atoms with van der Waals surface area (Å²) in [6, 6.07) is 11.0. The van der Waals surface area contributed by atoms with Gasteiger partial charge in [-0.25, -0.2) is 0 Å². The summed E-state index contributed by atoms with van der Waals surface area (Å²) in [4.78, 5) is 7.38. The normalized spacial score (nSPS) is 22.4. The third-order valence-corrected chi connectivity index (χ3v) is 4.87. The van der Waals surface area contributed by atoms with Crippen LogP contribution in [-0.2, 0) is 0 Å². The Bertz CT molecular complexity index is 489. The van der Waals surface area contributed by atoms with Gasteiger partial charge in [-0.3, -0.25) is 4.99 Å². The van der Waals surface area contributed by atoms with E-state index >= 15 is 0 Å². The second kappa shape index (κ2) is 7.17. The van der Waals surface area contributed by atoms with Crippen LogP contribution in [0.15, 0.2) is 35.3 Å². The Morgan fingerprint density at radius 2 is 1.91 bits per heavy atom. The van der Waals surface area contributed by atoms with Crippen molar-refractivity contribution in [2.75, 3.05) is 18.4 Å². The summed E-state index contributed by atoms with van der Waals surface area (Å²) in [6.45, 7) is 6.75. The van der Waals surface area contributed by atoms with Gasteiger partial charge < -0.3 is 10.2 Å². The molecule has 22 heavy (non-hydrogen) atoms. The Balaban J connectivity index is 1.69. The van der Waals surface area contributed by atoms with Gasteiger partial charge in [0.05, 0.1) is 12.6 Å². The molecule has 3 heteroatoms. The zero-order valence-corrected chi connectivity index (χ0v) is 14.0. The van der Waals surface area contributed by atoms with E-state index in [9.17, 15) is 0 Å². The van der Waals surface area contributed by atoms with Crippen molar-refractivity contribution < 1.29 is 0 Å². The van der Waals surface area contributed by atoms with Crippen LogP contribution in [0.1, 0.15) is 46.0 Å². The van der Waals surface area contributed by atoms with Crippen molar-refractivity contribution >= 4 is 11.6 Å². The standard InChI is InChI=1S/C19H29N3/c1-15(2)12-18-13-20-19(21-17-10-4-3-5-11-17)22(18)14-16-8-6-7-9-16/h3-5,10-11,15-16,18H,6-9,12-14H2,1-2H3,(H,20,21)/t18-/m0/s1. The van der Waals surface area contributed by atoms with Crippen molar-refractivity contribution in [2.24, 2.45) is 16.8 Å². The first-order valence-electron chi connectivity index (χ1n) is 8.85. The maximum absolute atomic E-state index is 4.82. The zero-order valence-electron chi connectivity index (χ0n) is 14.0. The molecule has 1 saturated carbocycles. The lowest BCUT2D eigenvalue weighted by Gasteiger charge is -2.31. The summed E-state index contributed by atoms with van der Waals surface area (Å²) in [6.07, 6.45) is 6.83. The van der Waals surface area contributed by atoms with Gasteiger partial charge in [0, 0.05) is 12.2 Å². The smallest absolute Gasteiger partial charge is 0.198 e. The van der Waals surface area contributed by atoms with Crippen LogP contribution >= 0.6 is 0 Å². The van der Waals surface area contributed by atoms with E-state index in [1.165, 1.54) is 38.6 Å². The van der Waals surface area contributed by atoms with Crippen molar-refractivity contribution in [3.05, 3.63) is 30.3 Å². The van der Waals surface area contributed by atoms with Crippen molar-refractivity contribution in [3.63, 3.8) is 0 Å². The van der Waals surface area contributed by atoms with E-state index in [1.807, 2.05) is 0 Å². The molecule has 1 N–H and O–H groups in total. The lowest BCUT2D eigenvalue weighted by atomic mass is 10.0. The Labute approximate surface area is 134 Å². The molecule has 1 heterocycles. The van der Waals surface area contributed by atoms with Gasteiger partial charge in [0.2, 0.25) is 0 Å². The van der Waals surface area contributed by atoms with E-state index < -0.39 is 0 Å². The van der Waals surface area contributed by atoms with Gasteiger partial charge in [-0.2, -0.15) is 0 Å². The Hall–Kier alpha value is -1.51. The zero-order chi connectivity index (χ0) is 15.4. The molecule has 0 saturated heterocycles. The van der Waals surface area contributed by atoms with E-state index in [-0.39, 0.29) is 0 Å². The van der Waals surface area contributed by atoms with Crippen LogP contribution < -0.4 is 5.32 Å². The lowest BCUT2D eigenvalue weighted by Crippen LogP contribution is -2.43. The fraction of sp³-hybridized carbons (Fsp3) is 0.632. The van der Waals surface area contributed by atoms with Gasteiger partial charge in [0.15, 0.2) is 5.96 Å². The molecule has 3 nitrogen and oxygen atoms in total. The fourth-order valence-electron chi connectivity index (χ4n) is 3.77. The Kier molecular flexibility index (Phi) is 5.01. The number of anilines is 1. The minimum atomic E-state index is 0.576. The first-order chi connectivity index (χ1) is 10.7. The molecule has 0 amide bonds. The van der Waals surface area contributed by atoms with Gasteiger partial charge in [-0.05, 0) is 43.2 Å². The topological polar surface area (TPSA) is 27.6 Å². The molecular weight excluding hydrogens is 270 g/mol. The predicted octanol–water partition coefficient (Wildman–Crippen LogP) is 4.38. The molecule has 1 aliphatic heterocycles. The highest BCUT2D eigenvalue weighted by Gasteiger charge is 2.31. The number of rotatable bonds is 5. The fourth-order valence-corrected chi connectivity index (χ4v) is 3.77. The van der Waals surface area contributed by atoms with Crippen LogP contribution in [0.25, 0.3) is 0 Å². The van der Waals surface area contributed by atoms with Crippen molar-refractivity contribution in [1.29, 1.82) is 0 Å². The van der Waals surface area contributed by atoms with E-state index in [1.54, 1.807) is 0 Å². The number of nitrogens with one attached hydrogen (secondary N) is 1.